The van der Waals surface area contributed by atoms with Crippen molar-refractivity contribution in [1.29, 1.82) is 0 Å². The fraction of sp³-hybridized carbons (Fsp3) is 0.467. The number of nitrogens with one attached hydrogen (secondary N) is 1. The molecule has 0 spiro atoms. The fourth-order valence-electron chi connectivity index (χ4n) is 1.70. The van der Waals surface area contributed by atoms with Gasteiger partial charge in [-0.1, -0.05) is 30.7 Å². The SMILES string of the molecule is CCCNCC=Cc1cc(Cl)c(OC)c(OCC)c1. The van der Waals surface area contributed by atoms with Crippen molar-refractivity contribution in [3.8, 4) is 11.5 Å². The van der Waals surface area contributed by atoms with Crippen molar-refractivity contribution in [3.05, 3.63) is 28.8 Å². The zero-order valence-corrected chi connectivity index (χ0v) is 12.6. The third-order valence-corrected chi connectivity index (χ3v) is 2.82. The van der Waals surface area contributed by atoms with E-state index in [1.807, 2.05) is 25.1 Å². The minimum Gasteiger partial charge on any atom is -0.491 e. The molecule has 106 valence electrons. The van der Waals surface area contributed by atoms with Gasteiger partial charge in [0, 0.05) is 6.54 Å². The molecule has 0 aliphatic carbocycles. The number of hydrogen-bond acceptors (Lipinski definition) is 3. The summed E-state index contributed by atoms with van der Waals surface area (Å²) in [7, 11) is 1.59. The molecule has 0 saturated carbocycles. The maximum atomic E-state index is 6.18. The van der Waals surface area contributed by atoms with Gasteiger partial charge in [0.2, 0.25) is 0 Å². The molecule has 4 heteroatoms. The van der Waals surface area contributed by atoms with E-state index in [1.165, 1.54) is 0 Å². The maximum absolute atomic E-state index is 6.18. The first-order valence-corrected chi connectivity index (χ1v) is 6.98. The largest absolute Gasteiger partial charge is 0.491 e. The Kier molecular flexibility index (Phi) is 7.38. The number of benzene rings is 1. The van der Waals surface area contributed by atoms with Crippen molar-refractivity contribution in [1.82, 2.24) is 5.32 Å². The van der Waals surface area contributed by atoms with Crippen molar-refractivity contribution in [2.45, 2.75) is 20.3 Å². The first kappa shape index (κ1) is 15.9. The van der Waals surface area contributed by atoms with E-state index < -0.39 is 0 Å². The molecular formula is C15H22ClNO2. The van der Waals surface area contributed by atoms with Crippen LogP contribution < -0.4 is 14.8 Å². The van der Waals surface area contributed by atoms with E-state index in [4.69, 9.17) is 21.1 Å². The molecule has 1 N–H and O–H groups in total. The molecule has 3 nitrogen and oxygen atoms in total. The molecule has 0 radical (unpaired) electrons. The van der Waals surface area contributed by atoms with Gasteiger partial charge in [0.1, 0.15) is 0 Å². The molecule has 19 heavy (non-hydrogen) atoms. The highest BCUT2D eigenvalue weighted by molar-refractivity contribution is 6.32. The Morgan fingerprint density at radius 3 is 2.74 bits per heavy atom. The van der Waals surface area contributed by atoms with Crippen LogP contribution in [0.4, 0.5) is 0 Å². The summed E-state index contributed by atoms with van der Waals surface area (Å²) in [6.07, 6.45) is 5.23. The van der Waals surface area contributed by atoms with Gasteiger partial charge in [-0.2, -0.15) is 0 Å². The first-order valence-electron chi connectivity index (χ1n) is 6.60. The quantitative estimate of drug-likeness (QED) is 0.737. The lowest BCUT2D eigenvalue weighted by Gasteiger charge is -2.11. The van der Waals surface area contributed by atoms with E-state index in [2.05, 4.69) is 18.3 Å². The van der Waals surface area contributed by atoms with Gasteiger partial charge in [-0.25, -0.2) is 0 Å². The van der Waals surface area contributed by atoms with Crippen LogP contribution in [0, 0.1) is 0 Å². The Labute approximate surface area is 120 Å². The first-order chi connectivity index (χ1) is 9.22. The molecular weight excluding hydrogens is 262 g/mol. The minimum atomic E-state index is 0.564. The predicted molar refractivity (Wildman–Crippen MR) is 81.4 cm³/mol. The van der Waals surface area contributed by atoms with Crippen LogP contribution >= 0.6 is 11.6 Å². The Morgan fingerprint density at radius 1 is 1.32 bits per heavy atom. The standard InChI is InChI=1S/C15H22ClNO2/c1-4-8-17-9-6-7-12-10-13(16)15(18-3)14(11-12)19-5-2/h6-7,10-11,17H,4-5,8-9H2,1-3H3. The summed E-state index contributed by atoms with van der Waals surface area (Å²) in [4.78, 5) is 0. The molecule has 0 unspecified atom stereocenters. The van der Waals surface area contributed by atoms with Gasteiger partial charge in [-0.05, 0) is 37.6 Å². The van der Waals surface area contributed by atoms with E-state index in [-0.39, 0.29) is 0 Å². The van der Waals surface area contributed by atoms with Crippen LogP contribution in [-0.2, 0) is 0 Å². The average molecular weight is 284 g/mol. The van der Waals surface area contributed by atoms with E-state index in [0.29, 0.717) is 23.1 Å². The van der Waals surface area contributed by atoms with Gasteiger partial charge in [-0.15, -0.1) is 0 Å². The molecule has 0 saturated heterocycles. The van der Waals surface area contributed by atoms with Gasteiger partial charge >= 0.3 is 0 Å². The number of hydrogen-bond donors (Lipinski definition) is 1. The normalized spacial score (nSPS) is 10.9. The van der Waals surface area contributed by atoms with E-state index >= 15 is 0 Å². The smallest absolute Gasteiger partial charge is 0.179 e. The van der Waals surface area contributed by atoms with Gasteiger partial charge in [0.25, 0.3) is 0 Å². The number of ether oxygens (including phenoxy) is 2. The topological polar surface area (TPSA) is 30.5 Å². The molecule has 0 aliphatic heterocycles. The second-order valence-corrected chi connectivity index (χ2v) is 4.48. The second kappa shape index (κ2) is 8.83. The van der Waals surface area contributed by atoms with E-state index in [0.717, 1.165) is 25.1 Å². The molecule has 0 aliphatic rings. The fourth-order valence-corrected chi connectivity index (χ4v) is 2.00. The summed E-state index contributed by atoms with van der Waals surface area (Å²) in [6.45, 7) is 6.54. The van der Waals surface area contributed by atoms with Gasteiger partial charge in [-0.3, -0.25) is 0 Å². The maximum Gasteiger partial charge on any atom is 0.179 e. The highest BCUT2D eigenvalue weighted by Crippen LogP contribution is 2.36. The van der Waals surface area contributed by atoms with Crippen molar-refractivity contribution in [2.24, 2.45) is 0 Å². The predicted octanol–water partition coefficient (Wildman–Crippen LogP) is 3.76. The number of halogens is 1. The third-order valence-electron chi connectivity index (χ3n) is 2.54. The van der Waals surface area contributed by atoms with Crippen LogP contribution in [0.1, 0.15) is 25.8 Å². The molecule has 0 amide bonds. The molecule has 0 bridgehead atoms. The van der Waals surface area contributed by atoms with Crippen LogP contribution in [0.2, 0.25) is 5.02 Å². The van der Waals surface area contributed by atoms with Crippen molar-refractivity contribution >= 4 is 17.7 Å². The Balaban J connectivity index is 2.79. The van der Waals surface area contributed by atoms with Gasteiger partial charge in [0.15, 0.2) is 11.5 Å². The molecule has 0 aromatic heterocycles. The third kappa shape index (κ3) is 5.13. The highest BCUT2D eigenvalue weighted by atomic mass is 35.5. The summed E-state index contributed by atoms with van der Waals surface area (Å²) in [6, 6.07) is 3.81. The Hall–Kier alpha value is -1.19. The molecule has 1 aromatic rings. The van der Waals surface area contributed by atoms with Crippen LogP contribution in [0.15, 0.2) is 18.2 Å². The number of rotatable bonds is 8. The molecule has 1 rings (SSSR count). The van der Waals surface area contributed by atoms with Gasteiger partial charge < -0.3 is 14.8 Å². The van der Waals surface area contributed by atoms with Crippen LogP contribution in [0.3, 0.4) is 0 Å². The molecule has 0 heterocycles. The summed E-state index contributed by atoms with van der Waals surface area (Å²) in [5, 5.41) is 3.87. The monoisotopic (exact) mass is 283 g/mol. The van der Waals surface area contributed by atoms with Gasteiger partial charge in [0.05, 0.1) is 18.7 Å². The van der Waals surface area contributed by atoms with Crippen molar-refractivity contribution in [3.63, 3.8) is 0 Å². The number of methoxy groups -OCH3 is 1. The Morgan fingerprint density at radius 2 is 2.11 bits per heavy atom. The minimum absolute atomic E-state index is 0.564. The van der Waals surface area contributed by atoms with Crippen LogP contribution in [0.25, 0.3) is 6.08 Å². The summed E-state index contributed by atoms with van der Waals surface area (Å²) >= 11 is 6.18. The van der Waals surface area contributed by atoms with Crippen LogP contribution in [0.5, 0.6) is 11.5 Å². The Bertz CT molecular complexity index is 419. The summed E-state index contributed by atoms with van der Waals surface area (Å²) < 4.78 is 10.8. The second-order valence-electron chi connectivity index (χ2n) is 4.07. The average Bonchev–Trinajstić information content (AvgIpc) is 2.39. The van der Waals surface area contributed by atoms with Crippen molar-refractivity contribution in [2.75, 3.05) is 26.8 Å². The highest BCUT2D eigenvalue weighted by Gasteiger charge is 2.10. The lowest BCUT2D eigenvalue weighted by molar-refractivity contribution is 0.311. The van der Waals surface area contributed by atoms with Crippen LogP contribution in [-0.4, -0.2) is 26.8 Å². The summed E-state index contributed by atoms with van der Waals surface area (Å²) in [5.74, 6) is 1.27. The molecule has 0 fully saturated rings. The molecule has 1 aromatic carbocycles. The van der Waals surface area contributed by atoms with E-state index in [9.17, 15) is 0 Å². The lowest BCUT2D eigenvalue weighted by atomic mass is 10.2. The lowest BCUT2D eigenvalue weighted by Crippen LogP contribution is -2.13. The zero-order valence-electron chi connectivity index (χ0n) is 11.8. The van der Waals surface area contributed by atoms with E-state index in [1.54, 1.807) is 7.11 Å². The summed E-state index contributed by atoms with van der Waals surface area (Å²) in [5.41, 5.74) is 1.01. The molecule has 0 atom stereocenters. The zero-order chi connectivity index (χ0) is 14.1. The van der Waals surface area contributed by atoms with Crippen molar-refractivity contribution < 1.29 is 9.47 Å².